The van der Waals surface area contributed by atoms with E-state index in [-0.39, 0.29) is 0 Å². The molecule has 4 nitrogen and oxygen atoms in total. The van der Waals surface area contributed by atoms with Crippen LogP contribution in [0, 0.1) is 13.8 Å². The van der Waals surface area contributed by atoms with Gasteiger partial charge in [-0.05, 0) is 24.5 Å². The maximum Gasteiger partial charge on any atom is 0.387 e. The Morgan fingerprint density at radius 3 is 2.72 bits per heavy atom. The van der Waals surface area contributed by atoms with Crippen LogP contribution in [-0.2, 0) is 6.54 Å². The van der Waals surface area contributed by atoms with Gasteiger partial charge in [-0.2, -0.15) is 4.40 Å². The minimum Gasteiger partial charge on any atom is -0.195 e. The van der Waals surface area contributed by atoms with E-state index in [2.05, 4.69) is 35.2 Å². The molecule has 0 amide bonds. The van der Waals surface area contributed by atoms with Crippen LogP contribution in [0.5, 0.6) is 0 Å². The van der Waals surface area contributed by atoms with Crippen LogP contribution in [-0.4, -0.2) is 14.8 Å². The summed E-state index contributed by atoms with van der Waals surface area (Å²) in [6.45, 7) is 4.82. The van der Waals surface area contributed by atoms with Crippen molar-refractivity contribution in [1.29, 1.82) is 0 Å². The number of rotatable bonds is 2. The molecule has 0 radical (unpaired) electrons. The standard InChI is InChI=1S/C14H15N4/c1-11-8-12(2)17-10-15-18(14(17)16-11)9-13-6-4-3-5-7-13/h3-8,10H,9H2,1-2H3/q+1. The number of fused-ring (bicyclic) bond motifs is 1. The number of aryl methyl sites for hydroxylation is 2. The van der Waals surface area contributed by atoms with Crippen molar-refractivity contribution in [3.63, 3.8) is 0 Å². The Kier molecular flexibility index (Phi) is 2.55. The number of benzene rings is 1. The lowest BCUT2D eigenvalue weighted by Crippen LogP contribution is -2.25. The van der Waals surface area contributed by atoms with Crippen LogP contribution in [0.2, 0.25) is 0 Å². The molecular formula is C14H15N4+. The normalized spacial score (nSPS) is 11.0. The summed E-state index contributed by atoms with van der Waals surface area (Å²) in [5.41, 5.74) is 3.39. The lowest BCUT2D eigenvalue weighted by atomic mass is 10.2. The molecule has 4 heteroatoms. The highest BCUT2D eigenvalue weighted by Gasteiger charge is 2.15. The van der Waals surface area contributed by atoms with E-state index in [1.807, 2.05) is 40.5 Å². The van der Waals surface area contributed by atoms with Gasteiger partial charge in [-0.25, -0.2) is 0 Å². The first kappa shape index (κ1) is 10.9. The van der Waals surface area contributed by atoms with E-state index in [1.165, 1.54) is 5.56 Å². The van der Waals surface area contributed by atoms with E-state index >= 15 is 0 Å². The number of hydrogen-bond donors (Lipinski definition) is 0. The summed E-state index contributed by atoms with van der Waals surface area (Å²) in [7, 11) is 0. The maximum absolute atomic E-state index is 4.56. The summed E-state index contributed by atoms with van der Waals surface area (Å²) in [6, 6.07) is 12.4. The molecule has 0 N–H and O–H groups in total. The van der Waals surface area contributed by atoms with Gasteiger partial charge in [0, 0.05) is 6.07 Å². The first-order valence-electron chi connectivity index (χ1n) is 5.99. The van der Waals surface area contributed by atoms with Crippen LogP contribution in [0.4, 0.5) is 0 Å². The van der Waals surface area contributed by atoms with Crippen molar-refractivity contribution in [3.8, 4) is 0 Å². The van der Waals surface area contributed by atoms with Crippen LogP contribution < -0.4 is 4.40 Å². The van der Waals surface area contributed by atoms with Crippen LogP contribution in [0.1, 0.15) is 17.0 Å². The Hall–Kier alpha value is -2.23. The Balaban J connectivity index is 2.08. The molecule has 0 saturated carbocycles. The minimum absolute atomic E-state index is 0.743. The predicted molar refractivity (Wildman–Crippen MR) is 68.2 cm³/mol. The molecule has 0 unspecified atom stereocenters. The summed E-state index contributed by atoms with van der Waals surface area (Å²) in [5.74, 6) is 0.886. The zero-order valence-corrected chi connectivity index (χ0v) is 10.5. The van der Waals surface area contributed by atoms with E-state index in [0.717, 1.165) is 23.7 Å². The van der Waals surface area contributed by atoms with Crippen molar-refractivity contribution >= 4 is 5.78 Å². The van der Waals surface area contributed by atoms with Gasteiger partial charge in [-0.15, -0.1) is 9.67 Å². The van der Waals surface area contributed by atoms with Crippen LogP contribution in [0.25, 0.3) is 5.78 Å². The van der Waals surface area contributed by atoms with E-state index < -0.39 is 0 Å². The molecule has 0 aliphatic carbocycles. The molecule has 18 heavy (non-hydrogen) atoms. The van der Waals surface area contributed by atoms with E-state index in [0.29, 0.717) is 0 Å². The van der Waals surface area contributed by atoms with Gasteiger partial charge in [0.1, 0.15) is 12.2 Å². The highest BCUT2D eigenvalue weighted by atomic mass is 15.4. The first-order chi connectivity index (χ1) is 8.74. The average molecular weight is 239 g/mol. The molecule has 0 spiro atoms. The van der Waals surface area contributed by atoms with Crippen molar-refractivity contribution in [2.45, 2.75) is 20.4 Å². The van der Waals surface area contributed by atoms with Gasteiger partial charge >= 0.3 is 5.78 Å². The molecule has 0 bridgehead atoms. The van der Waals surface area contributed by atoms with Gasteiger partial charge in [-0.1, -0.05) is 30.3 Å². The third kappa shape index (κ3) is 1.86. The van der Waals surface area contributed by atoms with E-state index in [1.54, 1.807) is 0 Å². The minimum atomic E-state index is 0.743. The monoisotopic (exact) mass is 239 g/mol. The predicted octanol–water partition coefficient (Wildman–Crippen LogP) is 1.68. The second kappa shape index (κ2) is 4.22. The molecule has 3 rings (SSSR count). The van der Waals surface area contributed by atoms with Crippen LogP contribution in [0.3, 0.4) is 0 Å². The van der Waals surface area contributed by atoms with Crippen molar-refractivity contribution in [2.75, 3.05) is 0 Å². The van der Waals surface area contributed by atoms with Gasteiger partial charge < -0.3 is 0 Å². The molecule has 3 aromatic rings. The molecule has 2 aromatic heterocycles. The van der Waals surface area contributed by atoms with E-state index in [9.17, 15) is 0 Å². The topological polar surface area (TPSA) is 34.8 Å². The van der Waals surface area contributed by atoms with Gasteiger partial charge in [0.15, 0.2) is 0 Å². The fourth-order valence-electron chi connectivity index (χ4n) is 2.13. The Bertz CT molecular complexity index is 686. The zero-order chi connectivity index (χ0) is 12.5. The molecule has 0 atom stereocenters. The smallest absolute Gasteiger partial charge is 0.195 e. The Labute approximate surface area is 106 Å². The van der Waals surface area contributed by atoms with Crippen molar-refractivity contribution in [2.24, 2.45) is 0 Å². The van der Waals surface area contributed by atoms with Crippen molar-refractivity contribution < 1.29 is 4.40 Å². The molecule has 0 saturated heterocycles. The maximum atomic E-state index is 4.56. The lowest BCUT2D eigenvalue weighted by Gasteiger charge is -1.98. The highest BCUT2D eigenvalue weighted by Crippen LogP contribution is 2.04. The van der Waals surface area contributed by atoms with Crippen molar-refractivity contribution in [1.82, 2.24) is 14.8 Å². The Morgan fingerprint density at radius 1 is 1.17 bits per heavy atom. The van der Waals surface area contributed by atoms with Gasteiger partial charge in [0.25, 0.3) is 0 Å². The number of nitrogens with zero attached hydrogens (tertiary/aromatic N) is 4. The fraction of sp³-hybridized carbons (Fsp3) is 0.214. The van der Waals surface area contributed by atoms with Crippen LogP contribution in [0.15, 0.2) is 42.7 Å². The summed E-state index contributed by atoms with van der Waals surface area (Å²) in [5, 5.41) is 4.41. The SMILES string of the molecule is Cc1cc(C)[n+]2cnn(Cc3ccccc3)c2n1. The lowest BCUT2D eigenvalue weighted by molar-refractivity contribution is -0.523. The quantitative estimate of drug-likeness (QED) is 0.638. The molecule has 1 aromatic carbocycles. The largest absolute Gasteiger partial charge is 0.387 e. The second-order valence-electron chi connectivity index (χ2n) is 4.48. The zero-order valence-electron chi connectivity index (χ0n) is 10.5. The second-order valence-corrected chi connectivity index (χ2v) is 4.48. The third-order valence-electron chi connectivity index (χ3n) is 3.00. The molecule has 0 aliphatic rings. The number of hydrogen-bond acceptors (Lipinski definition) is 2. The molecule has 0 fully saturated rings. The molecule has 90 valence electrons. The summed E-state index contributed by atoms with van der Waals surface area (Å²) >= 11 is 0. The summed E-state index contributed by atoms with van der Waals surface area (Å²) < 4.78 is 3.94. The first-order valence-corrected chi connectivity index (χ1v) is 5.99. The Morgan fingerprint density at radius 2 is 1.94 bits per heavy atom. The molecule has 2 heterocycles. The fourth-order valence-corrected chi connectivity index (χ4v) is 2.13. The van der Waals surface area contributed by atoms with E-state index in [4.69, 9.17) is 0 Å². The highest BCUT2D eigenvalue weighted by molar-refractivity contribution is 5.23. The molecule has 0 aliphatic heterocycles. The van der Waals surface area contributed by atoms with Gasteiger partial charge in [0.05, 0.1) is 5.69 Å². The third-order valence-corrected chi connectivity index (χ3v) is 3.00. The summed E-state index contributed by atoms with van der Waals surface area (Å²) in [4.78, 5) is 4.56. The van der Waals surface area contributed by atoms with Crippen LogP contribution >= 0.6 is 0 Å². The molecular weight excluding hydrogens is 224 g/mol. The van der Waals surface area contributed by atoms with Gasteiger partial charge in [-0.3, -0.25) is 0 Å². The van der Waals surface area contributed by atoms with Crippen molar-refractivity contribution in [3.05, 3.63) is 59.7 Å². The summed E-state index contributed by atoms with van der Waals surface area (Å²) in [6.07, 6.45) is 1.82. The van der Waals surface area contributed by atoms with Gasteiger partial charge in [0.2, 0.25) is 6.33 Å². The number of aromatic nitrogens is 4. The average Bonchev–Trinajstić information content (AvgIpc) is 2.74.